The predicted octanol–water partition coefficient (Wildman–Crippen LogP) is 2.06. The Balaban J connectivity index is 2.09. The molecule has 0 fully saturated rings. The highest BCUT2D eigenvalue weighted by Crippen LogP contribution is 2.18. The largest absolute Gasteiger partial charge is 0.390 e. The van der Waals surface area contributed by atoms with Crippen molar-refractivity contribution in [3.63, 3.8) is 0 Å². The SMILES string of the molecule is FC(F)(F)CCNCc1ccc[nH]1. The quantitative estimate of drug-likeness (QED) is 0.702. The zero-order valence-corrected chi connectivity index (χ0v) is 6.99. The molecule has 0 aromatic carbocycles. The van der Waals surface area contributed by atoms with E-state index in [1.807, 2.05) is 6.07 Å². The molecule has 1 aromatic heterocycles. The maximum atomic E-state index is 11.7. The zero-order chi connectivity index (χ0) is 9.73. The van der Waals surface area contributed by atoms with Crippen molar-refractivity contribution in [2.45, 2.75) is 19.1 Å². The Morgan fingerprint density at radius 1 is 1.38 bits per heavy atom. The Kier molecular flexibility index (Phi) is 3.36. The van der Waals surface area contributed by atoms with Gasteiger partial charge in [0.1, 0.15) is 0 Å². The third-order valence-corrected chi connectivity index (χ3v) is 1.56. The van der Waals surface area contributed by atoms with E-state index >= 15 is 0 Å². The second-order valence-electron chi connectivity index (χ2n) is 2.74. The van der Waals surface area contributed by atoms with E-state index in [4.69, 9.17) is 0 Å². The van der Waals surface area contributed by atoms with Gasteiger partial charge in [-0.1, -0.05) is 0 Å². The van der Waals surface area contributed by atoms with Crippen LogP contribution in [0.5, 0.6) is 0 Å². The number of hydrogen-bond acceptors (Lipinski definition) is 1. The number of H-pyrrole nitrogens is 1. The Labute approximate surface area is 74.1 Å². The van der Waals surface area contributed by atoms with Crippen molar-refractivity contribution in [1.82, 2.24) is 10.3 Å². The first-order valence-electron chi connectivity index (χ1n) is 3.98. The molecular formula is C8H11F3N2. The van der Waals surface area contributed by atoms with Crippen LogP contribution in [0.4, 0.5) is 13.2 Å². The highest BCUT2D eigenvalue weighted by atomic mass is 19.4. The first-order chi connectivity index (χ1) is 6.08. The molecule has 0 unspecified atom stereocenters. The van der Waals surface area contributed by atoms with Gasteiger partial charge in [-0.3, -0.25) is 0 Å². The molecule has 0 spiro atoms. The molecule has 0 bridgehead atoms. The van der Waals surface area contributed by atoms with Crippen LogP contribution < -0.4 is 5.32 Å². The zero-order valence-electron chi connectivity index (χ0n) is 6.99. The van der Waals surface area contributed by atoms with Crippen LogP contribution in [0.25, 0.3) is 0 Å². The summed E-state index contributed by atoms with van der Waals surface area (Å²) in [4.78, 5) is 2.89. The van der Waals surface area contributed by atoms with Crippen LogP contribution in [-0.4, -0.2) is 17.7 Å². The average Bonchev–Trinajstić information content (AvgIpc) is 2.48. The molecule has 1 rings (SSSR count). The summed E-state index contributed by atoms with van der Waals surface area (Å²) >= 11 is 0. The molecule has 0 atom stereocenters. The van der Waals surface area contributed by atoms with Crippen LogP contribution in [0, 0.1) is 0 Å². The van der Waals surface area contributed by atoms with Crippen LogP contribution in [0.3, 0.4) is 0 Å². The summed E-state index contributed by atoms with van der Waals surface area (Å²) in [6.07, 6.45) is -3.11. The molecule has 1 heterocycles. The molecule has 2 N–H and O–H groups in total. The van der Waals surface area contributed by atoms with E-state index in [9.17, 15) is 13.2 Å². The molecule has 0 aliphatic carbocycles. The van der Waals surface area contributed by atoms with Gasteiger partial charge in [-0.2, -0.15) is 13.2 Å². The highest BCUT2D eigenvalue weighted by molar-refractivity contribution is 5.02. The van der Waals surface area contributed by atoms with E-state index in [1.54, 1.807) is 12.3 Å². The topological polar surface area (TPSA) is 27.8 Å². The van der Waals surface area contributed by atoms with Gasteiger partial charge in [0.25, 0.3) is 0 Å². The van der Waals surface area contributed by atoms with E-state index in [0.717, 1.165) is 5.69 Å². The molecular weight excluding hydrogens is 181 g/mol. The molecule has 0 aliphatic rings. The van der Waals surface area contributed by atoms with Gasteiger partial charge in [-0.25, -0.2) is 0 Å². The van der Waals surface area contributed by atoms with Gasteiger partial charge < -0.3 is 10.3 Å². The summed E-state index contributed by atoms with van der Waals surface area (Å²) in [7, 11) is 0. The minimum Gasteiger partial charge on any atom is -0.364 e. The summed E-state index contributed by atoms with van der Waals surface area (Å²) in [5.74, 6) is 0. The fraction of sp³-hybridized carbons (Fsp3) is 0.500. The Hall–Kier alpha value is -0.970. The van der Waals surface area contributed by atoms with Crippen LogP contribution in [0.15, 0.2) is 18.3 Å². The molecule has 1 aromatic rings. The molecule has 2 nitrogen and oxygen atoms in total. The maximum Gasteiger partial charge on any atom is 0.390 e. The van der Waals surface area contributed by atoms with Gasteiger partial charge in [0.2, 0.25) is 0 Å². The van der Waals surface area contributed by atoms with E-state index in [0.29, 0.717) is 6.54 Å². The number of hydrogen-bond donors (Lipinski definition) is 2. The fourth-order valence-electron chi connectivity index (χ4n) is 0.931. The molecule has 0 amide bonds. The molecule has 13 heavy (non-hydrogen) atoms. The van der Waals surface area contributed by atoms with Crippen molar-refractivity contribution >= 4 is 0 Å². The van der Waals surface area contributed by atoms with Crippen molar-refractivity contribution < 1.29 is 13.2 Å². The third kappa shape index (κ3) is 4.57. The monoisotopic (exact) mass is 192 g/mol. The number of alkyl halides is 3. The van der Waals surface area contributed by atoms with E-state index < -0.39 is 12.6 Å². The van der Waals surface area contributed by atoms with Crippen molar-refractivity contribution in [2.24, 2.45) is 0 Å². The molecule has 0 aliphatic heterocycles. The summed E-state index contributed by atoms with van der Waals surface area (Å²) in [6, 6.07) is 3.63. The normalized spacial score (nSPS) is 11.9. The number of aromatic amines is 1. The molecule has 0 saturated carbocycles. The third-order valence-electron chi connectivity index (χ3n) is 1.56. The van der Waals surface area contributed by atoms with E-state index in [2.05, 4.69) is 10.3 Å². The molecule has 74 valence electrons. The summed E-state index contributed by atoms with van der Waals surface area (Å²) < 4.78 is 35.0. The first kappa shape index (κ1) is 10.1. The van der Waals surface area contributed by atoms with Gasteiger partial charge in [0.05, 0.1) is 6.42 Å². The van der Waals surface area contributed by atoms with Crippen molar-refractivity contribution in [3.8, 4) is 0 Å². The van der Waals surface area contributed by atoms with Crippen LogP contribution in [0.1, 0.15) is 12.1 Å². The number of nitrogens with one attached hydrogen (secondary N) is 2. The van der Waals surface area contributed by atoms with Crippen LogP contribution in [0.2, 0.25) is 0 Å². The second-order valence-corrected chi connectivity index (χ2v) is 2.74. The average molecular weight is 192 g/mol. The molecule has 0 radical (unpaired) electrons. The standard InChI is InChI=1S/C8H11F3N2/c9-8(10,11)3-5-12-6-7-2-1-4-13-7/h1-2,4,12-13H,3,5-6H2. The van der Waals surface area contributed by atoms with Crippen molar-refractivity contribution in [3.05, 3.63) is 24.0 Å². The van der Waals surface area contributed by atoms with E-state index in [-0.39, 0.29) is 6.54 Å². The summed E-state index contributed by atoms with van der Waals surface area (Å²) in [6.45, 7) is 0.408. The van der Waals surface area contributed by atoms with Gasteiger partial charge in [-0.15, -0.1) is 0 Å². The van der Waals surface area contributed by atoms with Crippen molar-refractivity contribution in [2.75, 3.05) is 6.54 Å². The van der Waals surface area contributed by atoms with E-state index in [1.165, 1.54) is 0 Å². The van der Waals surface area contributed by atoms with Crippen LogP contribution in [-0.2, 0) is 6.54 Å². The first-order valence-corrected chi connectivity index (χ1v) is 3.98. The lowest BCUT2D eigenvalue weighted by atomic mass is 10.4. The Bertz CT molecular complexity index is 228. The van der Waals surface area contributed by atoms with Gasteiger partial charge >= 0.3 is 6.18 Å². The lowest BCUT2D eigenvalue weighted by Gasteiger charge is -2.06. The second kappa shape index (κ2) is 4.32. The lowest BCUT2D eigenvalue weighted by molar-refractivity contribution is -0.133. The minimum absolute atomic E-state index is 0.0392. The Morgan fingerprint density at radius 3 is 2.69 bits per heavy atom. The highest BCUT2D eigenvalue weighted by Gasteiger charge is 2.25. The van der Waals surface area contributed by atoms with Gasteiger partial charge in [0, 0.05) is 25.0 Å². The van der Waals surface area contributed by atoms with Gasteiger partial charge in [-0.05, 0) is 12.1 Å². The van der Waals surface area contributed by atoms with Crippen molar-refractivity contribution in [1.29, 1.82) is 0 Å². The number of halogens is 3. The number of rotatable bonds is 4. The lowest BCUT2D eigenvalue weighted by Crippen LogP contribution is -2.21. The van der Waals surface area contributed by atoms with Crippen LogP contribution >= 0.6 is 0 Å². The predicted molar refractivity (Wildman–Crippen MR) is 43.2 cm³/mol. The summed E-state index contributed by atoms with van der Waals surface area (Å²) in [5, 5.41) is 2.69. The molecule has 0 saturated heterocycles. The number of aromatic nitrogens is 1. The maximum absolute atomic E-state index is 11.7. The summed E-state index contributed by atoms with van der Waals surface area (Å²) in [5.41, 5.74) is 0.891. The minimum atomic E-state index is -4.07. The smallest absolute Gasteiger partial charge is 0.364 e. The van der Waals surface area contributed by atoms with Gasteiger partial charge in [0.15, 0.2) is 0 Å². The Morgan fingerprint density at radius 2 is 2.15 bits per heavy atom. The fourth-order valence-corrected chi connectivity index (χ4v) is 0.931. The molecule has 5 heteroatoms.